The number of hydrogen-bond acceptors (Lipinski definition) is 9. The van der Waals surface area contributed by atoms with E-state index < -0.39 is 64.2 Å². The normalized spacial score (nSPS) is 49.9. The van der Waals surface area contributed by atoms with Gasteiger partial charge in [-0.1, -0.05) is 27.7 Å². The summed E-state index contributed by atoms with van der Waals surface area (Å²) in [5.74, 6) is -3.67. The Kier molecular flexibility index (Phi) is 5.71. The van der Waals surface area contributed by atoms with Crippen LogP contribution >= 0.6 is 0 Å². The molecular weight excluding hydrogens is 468 g/mol. The molecule has 36 heavy (non-hydrogen) atoms. The summed E-state index contributed by atoms with van der Waals surface area (Å²) >= 11 is 0. The lowest BCUT2D eigenvalue weighted by atomic mass is 9.35. The third-order valence-corrected chi connectivity index (χ3v) is 10.6. The first kappa shape index (κ1) is 25.4. The standard InChI is InChI=1S/C27H36O9/c1-12-6-16(29)24(33)26(4)15(12)8-19-27(5)18(9-21(31)36-19)25(3,10-17(22(26)27)35-13(2)28)23(32)14-7-20(30)34-11-14/h12,14-19,22,29H,6-11H2,1-5H3. The minimum atomic E-state index is -1.12. The van der Waals surface area contributed by atoms with Gasteiger partial charge in [-0.15, -0.1) is 0 Å². The predicted molar refractivity (Wildman–Crippen MR) is 123 cm³/mol. The van der Waals surface area contributed by atoms with Gasteiger partial charge in [0.05, 0.1) is 12.3 Å². The van der Waals surface area contributed by atoms with Crippen molar-refractivity contribution in [3.05, 3.63) is 0 Å². The van der Waals surface area contributed by atoms with Crippen molar-refractivity contribution in [2.45, 2.75) is 85.0 Å². The first-order valence-corrected chi connectivity index (χ1v) is 13.0. The maximum absolute atomic E-state index is 14.0. The van der Waals surface area contributed by atoms with E-state index in [2.05, 4.69) is 0 Å². The van der Waals surface area contributed by atoms with Crippen LogP contribution in [0.3, 0.4) is 0 Å². The van der Waals surface area contributed by atoms with Crippen LogP contribution in [-0.2, 0) is 38.2 Å². The number of ketones is 2. The molecule has 0 radical (unpaired) electrons. The molecule has 2 saturated heterocycles. The molecule has 2 heterocycles. The first-order chi connectivity index (χ1) is 16.7. The highest BCUT2D eigenvalue weighted by Crippen LogP contribution is 2.71. The molecule has 0 aromatic rings. The van der Waals surface area contributed by atoms with Gasteiger partial charge in [0.2, 0.25) is 0 Å². The summed E-state index contributed by atoms with van der Waals surface area (Å²) < 4.78 is 17.0. The highest BCUT2D eigenvalue weighted by molar-refractivity contribution is 5.93. The Hall–Kier alpha value is -2.29. The number of esters is 3. The highest BCUT2D eigenvalue weighted by atomic mass is 16.6. The lowest BCUT2D eigenvalue weighted by Gasteiger charge is -2.70. The quantitative estimate of drug-likeness (QED) is 0.452. The number of Topliss-reactive ketones (excluding diaryl/α,β-unsaturated/α-hetero) is 2. The topological polar surface area (TPSA) is 133 Å². The average Bonchev–Trinajstić information content (AvgIpc) is 3.21. The van der Waals surface area contributed by atoms with Crippen molar-refractivity contribution in [3.8, 4) is 0 Å². The zero-order valence-electron chi connectivity index (χ0n) is 21.6. The second-order valence-corrected chi connectivity index (χ2v) is 12.5. The highest BCUT2D eigenvalue weighted by Gasteiger charge is 2.75. The van der Waals surface area contributed by atoms with Crippen molar-refractivity contribution in [2.24, 2.45) is 45.8 Å². The lowest BCUT2D eigenvalue weighted by molar-refractivity contribution is -0.277. The van der Waals surface area contributed by atoms with Crippen molar-refractivity contribution in [3.63, 3.8) is 0 Å². The second kappa shape index (κ2) is 8.10. The molecule has 3 saturated carbocycles. The van der Waals surface area contributed by atoms with Crippen LogP contribution < -0.4 is 0 Å². The SMILES string of the molecule is CC(=O)OC1CC(C)(C(=O)C2COC(=O)C2)C2CC(=O)OC3CC4C(C)CC(O)C(=O)C4(C)C1C32C. The van der Waals surface area contributed by atoms with Gasteiger partial charge in [0, 0.05) is 35.5 Å². The second-order valence-electron chi connectivity index (χ2n) is 12.5. The van der Waals surface area contributed by atoms with Gasteiger partial charge in [0.1, 0.15) is 30.7 Å². The number of rotatable bonds is 3. The molecule has 198 valence electrons. The molecule has 0 bridgehead atoms. The number of fused-ring (bicyclic) bond motifs is 2. The molecule has 2 aliphatic heterocycles. The Morgan fingerprint density at radius 3 is 2.36 bits per heavy atom. The Bertz CT molecular complexity index is 1040. The van der Waals surface area contributed by atoms with E-state index in [1.807, 2.05) is 20.8 Å². The number of carbonyl (C=O) groups excluding carboxylic acids is 5. The number of cyclic esters (lactones) is 1. The van der Waals surface area contributed by atoms with Crippen molar-refractivity contribution in [1.82, 2.24) is 0 Å². The molecular formula is C27H36O9. The van der Waals surface area contributed by atoms with Crippen molar-refractivity contribution in [2.75, 3.05) is 6.61 Å². The molecule has 0 amide bonds. The fraction of sp³-hybridized carbons (Fsp3) is 0.815. The van der Waals surface area contributed by atoms with Gasteiger partial charge >= 0.3 is 17.9 Å². The molecule has 5 fully saturated rings. The molecule has 5 aliphatic rings. The first-order valence-electron chi connectivity index (χ1n) is 13.0. The van der Waals surface area contributed by atoms with Crippen molar-refractivity contribution < 1.29 is 43.3 Å². The Morgan fingerprint density at radius 1 is 1.06 bits per heavy atom. The molecule has 5 rings (SSSR count). The summed E-state index contributed by atoms with van der Waals surface area (Å²) in [4.78, 5) is 64.9. The molecule has 0 spiro atoms. The van der Waals surface area contributed by atoms with E-state index in [0.717, 1.165) is 0 Å². The Labute approximate surface area is 210 Å². The molecule has 11 atom stereocenters. The van der Waals surface area contributed by atoms with E-state index in [1.54, 1.807) is 6.92 Å². The third kappa shape index (κ3) is 3.26. The van der Waals surface area contributed by atoms with Gasteiger partial charge in [-0.25, -0.2) is 0 Å². The van der Waals surface area contributed by atoms with Gasteiger partial charge in [-0.05, 0) is 37.0 Å². The number of hydrogen-bond donors (Lipinski definition) is 1. The van der Waals surface area contributed by atoms with Crippen LogP contribution in [-0.4, -0.2) is 59.5 Å². The maximum Gasteiger partial charge on any atom is 0.306 e. The fourth-order valence-corrected chi connectivity index (χ4v) is 9.28. The molecule has 1 N–H and O–H groups in total. The molecule has 9 nitrogen and oxygen atoms in total. The van der Waals surface area contributed by atoms with Crippen LogP contribution in [0.2, 0.25) is 0 Å². The molecule has 11 unspecified atom stereocenters. The summed E-state index contributed by atoms with van der Waals surface area (Å²) in [6.45, 7) is 8.91. The maximum atomic E-state index is 14.0. The minimum Gasteiger partial charge on any atom is -0.465 e. The zero-order chi connectivity index (χ0) is 26.4. The van der Waals surface area contributed by atoms with Crippen molar-refractivity contribution in [1.29, 1.82) is 0 Å². The van der Waals surface area contributed by atoms with Crippen LogP contribution in [0, 0.1) is 45.8 Å². The monoisotopic (exact) mass is 504 g/mol. The average molecular weight is 505 g/mol. The van der Waals surface area contributed by atoms with Gasteiger partial charge in [0.25, 0.3) is 0 Å². The Morgan fingerprint density at radius 2 is 1.75 bits per heavy atom. The van der Waals surface area contributed by atoms with Crippen molar-refractivity contribution >= 4 is 29.5 Å². The van der Waals surface area contributed by atoms with Crippen LogP contribution in [0.25, 0.3) is 0 Å². The van der Waals surface area contributed by atoms with Gasteiger partial charge in [-0.3, -0.25) is 24.0 Å². The molecule has 3 aliphatic carbocycles. The molecule has 9 heteroatoms. The van der Waals surface area contributed by atoms with E-state index >= 15 is 0 Å². The summed E-state index contributed by atoms with van der Waals surface area (Å²) in [5, 5.41) is 10.8. The van der Waals surface area contributed by atoms with Gasteiger partial charge < -0.3 is 19.3 Å². The number of carbonyl (C=O) groups is 5. The molecule has 0 aromatic heterocycles. The van der Waals surface area contributed by atoms with E-state index in [1.165, 1.54) is 6.92 Å². The fourth-order valence-electron chi connectivity index (χ4n) is 9.28. The van der Waals surface area contributed by atoms with E-state index in [0.29, 0.717) is 12.8 Å². The number of aliphatic hydroxyl groups is 1. The van der Waals surface area contributed by atoms with Crippen LogP contribution in [0.15, 0.2) is 0 Å². The van der Waals surface area contributed by atoms with E-state index in [4.69, 9.17) is 14.2 Å². The summed E-state index contributed by atoms with van der Waals surface area (Å²) in [6, 6.07) is 0. The summed E-state index contributed by atoms with van der Waals surface area (Å²) in [5.41, 5.74) is -2.99. The van der Waals surface area contributed by atoms with Crippen LogP contribution in [0.1, 0.15) is 66.7 Å². The summed E-state index contributed by atoms with van der Waals surface area (Å²) in [6.07, 6.45) is -1.62. The van der Waals surface area contributed by atoms with E-state index in [9.17, 15) is 29.1 Å². The predicted octanol–water partition coefficient (Wildman–Crippen LogP) is 2.01. The minimum absolute atomic E-state index is 0.00574. The van der Waals surface area contributed by atoms with E-state index in [-0.39, 0.29) is 55.2 Å². The van der Waals surface area contributed by atoms with Crippen LogP contribution in [0.5, 0.6) is 0 Å². The zero-order valence-corrected chi connectivity index (χ0v) is 21.6. The molecule has 0 aromatic carbocycles. The van der Waals surface area contributed by atoms with Gasteiger partial charge in [0.15, 0.2) is 5.78 Å². The third-order valence-electron chi connectivity index (χ3n) is 10.6. The number of ether oxygens (including phenoxy) is 3. The lowest BCUT2D eigenvalue weighted by Crippen LogP contribution is -2.74. The largest absolute Gasteiger partial charge is 0.465 e. The summed E-state index contributed by atoms with van der Waals surface area (Å²) in [7, 11) is 0. The number of aliphatic hydroxyl groups excluding tert-OH is 1. The smallest absolute Gasteiger partial charge is 0.306 e. The van der Waals surface area contributed by atoms with Gasteiger partial charge in [-0.2, -0.15) is 0 Å². The van der Waals surface area contributed by atoms with Crippen LogP contribution in [0.4, 0.5) is 0 Å². The Balaban J connectivity index is 1.68.